The number of nitrogens with two attached hydrogens (primary N) is 1. The lowest BCUT2D eigenvalue weighted by Gasteiger charge is -2.04. The highest BCUT2D eigenvalue weighted by atomic mass is 35.5. The predicted molar refractivity (Wildman–Crippen MR) is 59.6 cm³/mol. The number of hydrogen-bond donors (Lipinski definition) is 1. The molecule has 1 atom stereocenters. The molecule has 3 nitrogen and oxygen atoms in total. The normalized spacial score (nSPS) is 12.7. The standard InChI is InChI=1S/C11H11ClN2O/c1-7(13)11-10(6-15-14-11)8-3-2-4-9(12)5-8/h2-7H,13H2,1H3. The number of halogens is 1. The summed E-state index contributed by atoms with van der Waals surface area (Å²) < 4.78 is 4.93. The van der Waals surface area contributed by atoms with E-state index in [0.717, 1.165) is 16.8 Å². The lowest BCUT2D eigenvalue weighted by atomic mass is 10.0. The van der Waals surface area contributed by atoms with Crippen molar-refractivity contribution in [3.05, 3.63) is 41.2 Å². The molecule has 2 rings (SSSR count). The first-order chi connectivity index (χ1) is 7.18. The largest absolute Gasteiger partial charge is 0.364 e. The smallest absolute Gasteiger partial charge is 0.131 e. The van der Waals surface area contributed by atoms with Crippen molar-refractivity contribution in [1.82, 2.24) is 5.16 Å². The van der Waals surface area contributed by atoms with E-state index in [0.29, 0.717) is 5.02 Å². The summed E-state index contributed by atoms with van der Waals surface area (Å²) in [6.45, 7) is 1.87. The van der Waals surface area contributed by atoms with E-state index in [2.05, 4.69) is 5.16 Å². The Morgan fingerprint density at radius 2 is 2.27 bits per heavy atom. The fourth-order valence-corrected chi connectivity index (χ4v) is 1.64. The second kappa shape index (κ2) is 4.04. The minimum atomic E-state index is -0.155. The molecule has 1 aromatic heterocycles. The van der Waals surface area contributed by atoms with Gasteiger partial charge in [0.1, 0.15) is 12.0 Å². The van der Waals surface area contributed by atoms with E-state index in [1.165, 1.54) is 0 Å². The molecule has 0 spiro atoms. The van der Waals surface area contributed by atoms with Crippen LogP contribution in [0, 0.1) is 0 Å². The zero-order chi connectivity index (χ0) is 10.8. The van der Waals surface area contributed by atoms with Crippen molar-refractivity contribution in [3.8, 4) is 11.1 Å². The van der Waals surface area contributed by atoms with E-state index in [9.17, 15) is 0 Å². The highest BCUT2D eigenvalue weighted by Gasteiger charge is 2.13. The first kappa shape index (κ1) is 10.2. The SMILES string of the molecule is CC(N)c1nocc1-c1cccc(Cl)c1. The van der Waals surface area contributed by atoms with E-state index in [1.54, 1.807) is 6.26 Å². The Morgan fingerprint density at radius 1 is 1.47 bits per heavy atom. The summed E-state index contributed by atoms with van der Waals surface area (Å²) in [5.41, 5.74) is 8.39. The summed E-state index contributed by atoms with van der Waals surface area (Å²) in [6, 6.07) is 7.36. The van der Waals surface area contributed by atoms with Gasteiger partial charge in [-0.1, -0.05) is 28.9 Å². The lowest BCUT2D eigenvalue weighted by Crippen LogP contribution is -2.06. The Bertz CT molecular complexity index is 465. The van der Waals surface area contributed by atoms with Crippen LogP contribution in [0.25, 0.3) is 11.1 Å². The maximum Gasteiger partial charge on any atom is 0.131 e. The maximum absolute atomic E-state index is 5.91. The molecule has 0 aliphatic rings. The third-order valence-electron chi connectivity index (χ3n) is 2.16. The van der Waals surface area contributed by atoms with Crippen LogP contribution in [0.2, 0.25) is 5.02 Å². The Kier molecular flexibility index (Phi) is 2.75. The van der Waals surface area contributed by atoms with Crippen LogP contribution in [-0.2, 0) is 0 Å². The molecule has 0 saturated carbocycles. The van der Waals surface area contributed by atoms with E-state index in [1.807, 2.05) is 31.2 Å². The van der Waals surface area contributed by atoms with Gasteiger partial charge in [-0.05, 0) is 24.6 Å². The number of aromatic nitrogens is 1. The average molecular weight is 223 g/mol. The van der Waals surface area contributed by atoms with Gasteiger partial charge in [-0.3, -0.25) is 0 Å². The minimum absolute atomic E-state index is 0.155. The second-order valence-electron chi connectivity index (χ2n) is 3.41. The van der Waals surface area contributed by atoms with Crippen molar-refractivity contribution >= 4 is 11.6 Å². The number of hydrogen-bond acceptors (Lipinski definition) is 3. The molecule has 2 aromatic rings. The van der Waals surface area contributed by atoms with Crippen LogP contribution in [0.15, 0.2) is 35.1 Å². The van der Waals surface area contributed by atoms with Crippen LogP contribution >= 0.6 is 11.6 Å². The van der Waals surface area contributed by atoms with Crippen LogP contribution in [0.3, 0.4) is 0 Å². The zero-order valence-corrected chi connectivity index (χ0v) is 9.03. The molecule has 0 aliphatic heterocycles. The molecule has 0 bridgehead atoms. The molecular weight excluding hydrogens is 212 g/mol. The molecular formula is C11H11ClN2O. The summed E-state index contributed by atoms with van der Waals surface area (Å²) in [5, 5.41) is 4.56. The summed E-state index contributed by atoms with van der Waals surface area (Å²) in [4.78, 5) is 0. The summed E-state index contributed by atoms with van der Waals surface area (Å²) in [7, 11) is 0. The van der Waals surface area contributed by atoms with Crippen LogP contribution in [0.4, 0.5) is 0 Å². The van der Waals surface area contributed by atoms with Crippen LogP contribution in [-0.4, -0.2) is 5.16 Å². The van der Waals surface area contributed by atoms with Crippen molar-refractivity contribution in [2.24, 2.45) is 5.73 Å². The fraction of sp³-hybridized carbons (Fsp3) is 0.182. The van der Waals surface area contributed by atoms with Gasteiger partial charge >= 0.3 is 0 Å². The molecule has 0 aliphatic carbocycles. The minimum Gasteiger partial charge on any atom is -0.364 e. The molecule has 0 radical (unpaired) electrons. The molecule has 0 amide bonds. The summed E-state index contributed by atoms with van der Waals surface area (Å²) in [6.07, 6.45) is 1.59. The molecule has 1 unspecified atom stereocenters. The monoisotopic (exact) mass is 222 g/mol. The first-order valence-electron chi connectivity index (χ1n) is 4.64. The van der Waals surface area contributed by atoms with E-state index in [-0.39, 0.29) is 6.04 Å². The molecule has 78 valence electrons. The van der Waals surface area contributed by atoms with Crippen molar-refractivity contribution in [3.63, 3.8) is 0 Å². The highest BCUT2D eigenvalue weighted by molar-refractivity contribution is 6.30. The van der Waals surface area contributed by atoms with Gasteiger partial charge < -0.3 is 10.3 Å². The predicted octanol–water partition coefficient (Wildman–Crippen LogP) is 3.01. The third kappa shape index (κ3) is 2.03. The van der Waals surface area contributed by atoms with Gasteiger partial charge in [0.25, 0.3) is 0 Å². The Morgan fingerprint density at radius 3 is 2.93 bits per heavy atom. The van der Waals surface area contributed by atoms with Crippen molar-refractivity contribution in [1.29, 1.82) is 0 Å². The third-order valence-corrected chi connectivity index (χ3v) is 2.40. The number of rotatable bonds is 2. The van der Waals surface area contributed by atoms with E-state index < -0.39 is 0 Å². The fourth-order valence-electron chi connectivity index (χ4n) is 1.45. The van der Waals surface area contributed by atoms with Crippen molar-refractivity contribution < 1.29 is 4.52 Å². The van der Waals surface area contributed by atoms with Crippen LogP contribution < -0.4 is 5.73 Å². The molecule has 1 heterocycles. The second-order valence-corrected chi connectivity index (χ2v) is 3.85. The summed E-state index contributed by atoms with van der Waals surface area (Å²) >= 11 is 5.91. The van der Waals surface area contributed by atoms with Crippen molar-refractivity contribution in [2.45, 2.75) is 13.0 Å². The van der Waals surface area contributed by atoms with Gasteiger partial charge in [0.2, 0.25) is 0 Å². The zero-order valence-electron chi connectivity index (χ0n) is 8.27. The number of benzene rings is 1. The van der Waals surface area contributed by atoms with Gasteiger partial charge in [-0.15, -0.1) is 0 Å². The van der Waals surface area contributed by atoms with Gasteiger partial charge in [-0.2, -0.15) is 0 Å². The van der Waals surface area contributed by atoms with Crippen LogP contribution in [0.1, 0.15) is 18.7 Å². The topological polar surface area (TPSA) is 52.0 Å². The molecule has 0 saturated heterocycles. The average Bonchev–Trinajstić information content (AvgIpc) is 2.65. The highest BCUT2D eigenvalue weighted by Crippen LogP contribution is 2.27. The molecule has 2 N–H and O–H groups in total. The van der Waals surface area contributed by atoms with Crippen LogP contribution in [0.5, 0.6) is 0 Å². The first-order valence-corrected chi connectivity index (χ1v) is 5.02. The van der Waals surface area contributed by atoms with Gasteiger partial charge in [0.05, 0.1) is 0 Å². The van der Waals surface area contributed by atoms with E-state index in [4.69, 9.17) is 21.9 Å². The van der Waals surface area contributed by atoms with Gasteiger partial charge in [-0.25, -0.2) is 0 Å². The Hall–Kier alpha value is -1.32. The van der Waals surface area contributed by atoms with E-state index >= 15 is 0 Å². The summed E-state index contributed by atoms with van der Waals surface area (Å²) in [5.74, 6) is 0. The molecule has 0 fully saturated rings. The van der Waals surface area contributed by atoms with Crippen molar-refractivity contribution in [2.75, 3.05) is 0 Å². The van der Waals surface area contributed by atoms with Gasteiger partial charge in [0.15, 0.2) is 0 Å². The number of nitrogens with zero attached hydrogens (tertiary/aromatic N) is 1. The quantitative estimate of drug-likeness (QED) is 0.850. The molecule has 4 heteroatoms. The van der Waals surface area contributed by atoms with Gasteiger partial charge in [0, 0.05) is 16.6 Å². The Balaban J connectivity index is 2.49. The lowest BCUT2D eigenvalue weighted by molar-refractivity contribution is 0.407. The Labute approximate surface area is 92.8 Å². The molecule has 1 aromatic carbocycles. The molecule has 15 heavy (non-hydrogen) atoms. The maximum atomic E-state index is 5.91.